The first-order valence-electron chi connectivity index (χ1n) is 8.72. The van der Waals surface area contributed by atoms with Crippen molar-refractivity contribution in [3.05, 3.63) is 53.3 Å². The summed E-state index contributed by atoms with van der Waals surface area (Å²) in [4.78, 5) is 16.7. The molecule has 1 aromatic carbocycles. The van der Waals surface area contributed by atoms with Gasteiger partial charge in [0.15, 0.2) is 0 Å². The molecule has 1 saturated carbocycles. The summed E-state index contributed by atoms with van der Waals surface area (Å²) in [5.74, 6) is -0.177. The second-order valence-corrected chi connectivity index (χ2v) is 6.74. The van der Waals surface area contributed by atoms with E-state index in [9.17, 15) is 4.79 Å². The van der Waals surface area contributed by atoms with Gasteiger partial charge >= 0.3 is 0 Å². The van der Waals surface area contributed by atoms with Crippen molar-refractivity contribution in [2.24, 2.45) is 0 Å². The monoisotopic (exact) mass is 323 g/mol. The predicted octanol–water partition coefficient (Wildman–Crippen LogP) is 4.70. The van der Waals surface area contributed by atoms with Gasteiger partial charge in [-0.2, -0.15) is 0 Å². The number of carbonyl (C=O) groups excluding carboxylic acids is 1. The minimum absolute atomic E-state index is 0.177. The zero-order chi connectivity index (χ0) is 16.9. The van der Waals surface area contributed by atoms with E-state index in [1.165, 1.54) is 32.1 Å². The summed E-state index contributed by atoms with van der Waals surface area (Å²) < 4.78 is 0. The Kier molecular flexibility index (Phi) is 5.14. The van der Waals surface area contributed by atoms with E-state index in [1.807, 2.05) is 32.0 Å². The molecule has 0 atom stereocenters. The Labute approximate surface area is 143 Å². The zero-order valence-electron chi connectivity index (χ0n) is 14.4. The van der Waals surface area contributed by atoms with Crippen molar-refractivity contribution in [1.29, 1.82) is 0 Å². The number of amides is 1. The van der Waals surface area contributed by atoms with Crippen LogP contribution in [0.15, 0.2) is 36.5 Å². The van der Waals surface area contributed by atoms with Crippen LogP contribution in [0, 0.1) is 13.8 Å². The van der Waals surface area contributed by atoms with Gasteiger partial charge in [-0.3, -0.25) is 4.79 Å². The van der Waals surface area contributed by atoms with Crippen LogP contribution >= 0.6 is 0 Å². The Morgan fingerprint density at radius 2 is 1.71 bits per heavy atom. The highest BCUT2D eigenvalue weighted by atomic mass is 16.1. The van der Waals surface area contributed by atoms with Gasteiger partial charge in [-0.1, -0.05) is 25.3 Å². The van der Waals surface area contributed by atoms with Crippen LogP contribution in [0.4, 0.5) is 11.4 Å². The van der Waals surface area contributed by atoms with Gasteiger partial charge in [0.25, 0.3) is 5.91 Å². The topological polar surface area (TPSA) is 54.0 Å². The molecule has 0 saturated heterocycles. The summed E-state index contributed by atoms with van der Waals surface area (Å²) >= 11 is 0. The molecule has 126 valence electrons. The molecule has 4 heteroatoms. The average molecular weight is 323 g/mol. The molecule has 0 spiro atoms. The highest BCUT2D eigenvalue weighted by Crippen LogP contribution is 2.21. The summed E-state index contributed by atoms with van der Waals surface area (Å²) in [5.41, 5.74) is 4.49. The lowest BCUT2D eigenvalue weighted by molar-refractivity contribution is 0.102. The van der Waals surface area contributed by atoms with Crippen molar-refractivity contribution in [2.45, 2.75) is 52.0 Å². The molecular weight excluding hydrogens is 298 g/mol. The van der Waals surface area contributed by atoms with Crippen molar-refractivity contribution in [1.82, 2.24) is 4.98 Å². The molecule has 0 radical (unpaired) electrons. The number of aromatic nitrogens is 1. The van der Waals surface area contributed by atoms with E-state index in [4.69, 9.17) is 0 Å². The lowest BCUT2D eigenvalue weighted by Gasteiger charge is -2.23. The molecule has 1 aliphatic carbocycles. The Hall–Kier alpha value is -2.36. The van der Waals surface area contributed by atoms with E-state index in [1.54, 1.807) is 12.3 Å². The Balaban J connectivity index is 1.62. The normalized spacial score (nSPS) is 15.1. The maximum Gasteiger partial charge on any atom is 0.274 e. The third-order valence-electron chi connectivity index (χ3n) is 4.45. The number of benzene rings is 1. The number of nitrogens with one attached hydrogen (secondary N) is 2. The van der Waals surface area contributed by atoms with Gasteiger partial charge in [-0.15, -0.1) is 0 Å². The number of carbonyl (C=O) groups is 1. The van der Waals surface area contributed by atoms with Gasteiger partial charge < -0.3 is 10.6 Å². The SMILES string of the molecule is Cc1cc(C)cc(NC(=O)c2ccc(NC3CCCCC3)cn2)c1. The molecule has 1 aromatic heterocycles. The van der Waals surface area contributed by atoms with Crippen LogP contribution in [0.3, 0.4) is 0 Å². The number of hydrogen-bond acceptors (Lipinski definition) is 3. The van der Waals surface area contributed by atoms with Crippen LogP contribution in [-0.4, -0.2) is 16.9 Å². The third kappa shape index (κ3) is 4.34. The molecule has 1 aliphatic rings. The minimum atomic E-state index is -0.177. The van der Waals surface area contributed by atoms with Crippen molar-refractivity contribution in [3.8, 4) is 0 Å². The van der Waals surface area contributed by atoms with E-state index in [2.05, 4.69) is 21.7 Å². The molecule has 24 heavy (non-hydrogen) atoms. The first-order valence-corrected chi connectivity index (χ1v) is 8.72. The lowest BCUT2D eigenvalue weighted by atomic mass is 9.95. The largest absolute Gasteiger partial charge is 0.381 e. The standard InChI is InChI=1S/C20H25N3O/c1-14-10-15(2)12-18(11-14)23-20(24)19-9-8-17(13-21-19)22-16-6-4-3-5-7-16/h8-13,16,22H,3-7H2,1-2H3,(H,23,24). The summed E-state index contributed by atoms with van der Waals surface area (Å²) in [5, 5.41) is 6.44. The van der Waals surface area contributed by atoms with Gasteiger partial charge in [0, 0.05) is 11.7 Å². The van der Waals surface area contributed by atoms with E-state index in [0.717, 1.165) is 22.5 Å². The molecule has 4 nitrogen and oxygen atoms in total. The molecular formula is C20H25N3O. The quantitative estimate of drug-likeness (QED) is 0.858. The summed E-state index contributed by atoms with van der Waals surface area (Å²) in [6.45, 7) is 4.04. The fourth-order valence-electron chi connectivity index (χ4n) is 3.34. The fourth-order valence-corrected chi connectivity index (χ4v) is 3.34. The van der Waals surface area contributed by atoms with E-state index in [-0.39, 0.29) is 5.91 Å². The van der Waals surface area contributed by atoms with Crippen LogP contribution in [-0.2, 0) is 0 Å². The molecule has 0 bridgehead atoms. The maximum absolute atomic E-state index is 12.3. The number of rotatable bonds is 4. The van der Waals surface area contributed by atoms with Crippen molar-refractivity contribution < 1.29 is 4.79 Å². The predicted molar refractivity (Wildman–Crippen MR) is 98.6 cm³/mol. The van der Waals surface area contributed by atoms with E-state index in [0.29, 0.717) is 11.7 Å². The molecule has 1 amide bonds. The number of pyridine rings is 1. The Bertz CT molecular complexity index is 683. The van der Waals surface area contributed by atoms with Crippen LogP contribution in [0.5, 0.6) is 0 Å². The zero-order valence-corrected chi connectivity index (χ0v) is 14.4. The number of nitrogens with zero attached hydrogens (tertiary/aromatic N) is 1. The van der Waals surface area contributed by atoms with Crippen molar-refractivity contribution >= 4 is 17.3 Å². The fraction of sp³-hybridized carbons (Fsp3) is 0.400. The second kappa shape index (κ2) is 7.47. The second-order valence-electron chi connectivity index (χ2n) is 6.74. The minimum Gasteiger partial charge on any atom is -0.381 e. The van der Waals surface area contributed by atoms with E-state index >= 15 is 0 Å². The molecule has 2 N–H and O–H groups in total. The summed E-state index contributed by atoms with van der Waals surface area (Å²) in [7, 11) is 0. The van der Waals surface area contributed by atoms with Crippen molar-refractivity contribution in [3.63, 3.8) is 0 Å². The average Bonchev–Trinajstić information content (AvgIpc) is 2.55. The molecule has 1 heterocycles. The lowest BCUT2D eigenvalue weighted by Crippen LogP contribution is -2.22. The highest BCUT2D eigenvalue weighted by Gasteiger charge is 2.14. The maximum atomic E-state index is 12.3. The number of anilines is 2. The molecule has 0 aliphatic heterocycles. The van der Waals surface area contributed by atoms with Crippen LogP contribution in [0.25, 0.3) is 0 Å². The number of aryl methyl sites for hydroxylation is 2. The van der Waals surface area contributed by atoms with Crippen LogP contribution < -0.4 is 10.6 Å². The highest BCUT2D eigenvalue weighted by molar-refractivity contribution is 6.03. The Morgan fingerprint density at radius 1 is 1.00 bits per heavy atom. The van der Waals surface area contributed by atoms with Gasteiger partial charge in [-0.05, 0) is 62.1 Å². The van der Waals surface area contributed by atoms with Gasteiger partial charge in [0.1, 0.15) is 5.69 Å². The first kappa shape index (κ1) is 16.5. The first-order chi connectivity index (χ1) is 11.6. The van der Waals surface area contributed by atoms with Crippen molar-refractivity contribution in [2.75, 3.05) is 10.6 Å². The molecule has 3 rings (SSSR count). The van der Waals surface area contributed by atoms with Gasteiger partial charge in [-0.25, -0.2) is 4.98 Å². The molecule has 1 fully saturated rings. The summed E-state index contributed by atoms with van der Waals surface area (Å²) in [6.07, 6.45) is 8.12. The molecule has 2 aromatic rings. The summed E-state index contributed by atoms with van der Waals surface area (Å²) in [6, 6.07) is 10.3. The van der Waals surface area contributed by atoms with Gasteiger partial charge in [0.05, 0.1) is 11.9 Å². The van der Waals surface area contributed by atoms with E-state index < -0.39 is 0 Å². The van der Waals surface area contributed by atoms with Crippen LogP contribution in [0.1, 0.15) is 53.7 Å². The smallest absolute Gasteiger partial charge is 0.274 e. The molecule has 0 unspecified atom stereocenters. The van der Waals surface area contributed by atoms with Gasteiger partial charge in [0.2, 0.25) is 0 Å². The third-order valence-corrected chi connectivity index (χ3v) is 4.45. The number of hydrogen-bond donors (Lipinski definition) is 2. The van der Waals surface area contributed by atoms with Crippen LogP contribution in [0.2, 0.25) is 0 Å². The Morgan fingerprint density at radius 3 is 2.33 bits per heavy atom.